The minimum Gasteiger partial charge on any atom is -0.356 e. The van der Waals surface area contributed by atoms with E-state index in [0.717, 1.165) is 25.3 Å². The first-order chi connectivity index (χ1) is 7.16. The van der Waals surface area contributed by atoms with Crippen molar-refractivity contribution in [1.82, 2.24) is 5.32 Å². The largest absolute Gasteiger partial charge is 0.356 e. The highest BCUT2D eigenvalue weighted by molar-refractivity contribution is 5.75. The molecule has 0 aliphatic heterocycles. The van der Waals surface area contributed by atoms with Crippen LogP contribution in [-0.4, -0.2) is 12.5 Å². The molecule has 0 spiro atoms. The van der Waals surface area contributed by atoms with E-state index < -0.39 is 0 Å². The molecule has 1 N–H and O–H groups in total. The van der Waals surface area contributed by atoms with Crippen molar-refractivity contribution in [3.8, 4) is 0 Å². The summed E-state index contributed by atoms with van der Waals surface area (Å²) in [4.78, 5) is 11.3. The first-order valence-corrected chi connectivity index (χ1v) is 6.43. The number of carbonyl (C=O) groups excluding carboxylic acids is 1. The summed E-state index contributed by atoms with van der Waals surface area (Å²) in [6, 6.07) is 0. The fraction of sp³-hybridized carbons (Fsp3) is 0.923. The van der Waals surface area contributed by atoms with Crippen LogP contribution in [0.2, 0.25) is 0 Å². The Hall–Kier alpha value is -0.530. The Morgan fingerprint density at radius 2 is 1.87 bits per heavy atom. The number of nitrogens with one attached hydrogen (secondary N) is 1. The van der Waals surface area contributed by atoms with E-state index in [0.29, 0.717) is 6.42 Å². The maximum Gasteiger partial charge on any atom is 0.219 e. The highest BCUT2D eigenvalue weighted by Gasteiger charge is 2.00. The molecule has 0 aliphatic carbocycles. The summed E-state index contributed by atoms with van der Waals surface area (Å²) in [6.07, 6.45) is 7.74. The third-order valence-electron chi connectivity index (χ3n) is 2.54. The molecule has 0 bridgehead atoms. The minimum absolute atomic E-state index is 0.231. The van der Waals surface area contributed by atoms with E-state index >= 15 is 0 Å². The zero-order valence-corrected chi connectivity index (χ0v) is 10.6. The van der Waals surface area contributed by atoms with Gasteiger partial charge in [0.1, 0.15) is 0 Å². The Morgan fingerprint density at radius 3 is 2.47 bits per heavy atom. The molecule has 0 heterocycles. The number of unbranched alkanes of at least 4 members (excludes halogenated alkanes) is 3. The molecular formula is C13H27NO. The van der Waals surface area contributed by atoms with Gasteiger partial charge in [0.15, 0.2) is 0 Å². The summed E-state index contributed by atoms with van der Waals surface area (Å²) < 4.78 is 0. The van der Waals surface area contributed by atoms with E-state index in [2.05, 4.69) is 26.1 Å². The molecule has 0 radical (unpaired) electrons. The second kappa shape index (κ2) is 10.0. The van der Waals surface area contributed by atoms with Crippen LogP contribution in [0.4, 0.5) is 0 Å². The second-order valence-corrected chi connectivity index (χ2v) is 4.70. The van der Waals surface area contributed by atoms with Crippen LogP contribution in [0.1, 0.15) is 65.7 Å². The van der Waals surface area contributed by atoms with Crippen LogP contribution in [0.3, 0.4) is 0 Å². The standard InChI is InChI=1S/C13H27NO/c1-4-5-6-7-10-13(15)14-11-8-9-12(2)3/h12H,4-11H2,1-3H3,(H,14,15). The van der Waals surface area contributed by atoms with Crippen molar-refractivity contribution in [3.05, 3.63) is 0 Å². The maximum absolute atomic E-state index is 11.3. The van der Waals surface area contributed by atoms with Gasteiger partial charge in [-0.2, -0.15) is 0 Å². The lowest BCUT2D eigenvalue weighted by molar-refractivity contribution is -0.121. The van der Waals surface area contributed by atoms with E-state index in [9.17, 15) is 4.79 Å². The molecule has 0 saturated heterocycles. The first kappa shape index (κ1) is 14.5. The predicted molar refractivity (Wildman–Crippen MR) is 65.8 cm³/mol. The number of amides is 1. The molecule has 0 atom stereocenters. The van der Waals surface area contributed by atoms with Gasteiger partial charge in [-0.15, -0.1) is 0 Å². The predicted octanol–water partition coefficient (Wildman–Crippen LogP) is 3.51. The molecular weight excluding hydrogens is 186 g/mol. The SMILES string of the molecule is CCCCCCC(=O)NCCCC(C)C. The van der Waals surface area contributed by atoms with E-state index in [4.69, 9.17) is 0 Å². The minimum atomic E-state index is 0.231. The lowest BCUT2D eigenvalue weighted by atomic mass is 10.1. The van der Waals surface area contributed by atoms with Crippen LogP contribution in [0, 0.1) is 5.92 Å². The van der Waals surface area contributed by atoms with Crippen LogP contribution in [0.5, 0.6) is 0 Å². The average Bonchev–Trinajstić information content (AvgIpc) is 2.19. The monoisotopic (exact) mass is 213 g/mol. The number of carbonyl (C=O) groups is 1. The molecule has 0 saturated carbocycles. The van der Waals surface area contributed by atoms with Crippen molar-refractivity contribution in [2.75, 3.05) is 6.54 Å². The van der Waals surface area contributed by atoms with Crippen molar-refractivity contribution in [2.24, 2.45) is 5.92 Å². The van der Waals surface area contributed by atoms with Gasteiger partial charge in [0.05, 0.1) is 0 Å². The molecule has 0 aromatic rings. The maximum atomic E-state index is 11.3. The molecule has 15 heavy (non-hydrogen) atoms. The zero-order chi connectivity index (χ0) is 11.5. The quantitative estimate of drug-likeness (QED) is 0.583. The summed E-state index contributed by atoms with van der Waals surface area (Å²) in [7, 11) is 0. The third kappa shape index (κ3) is 11.4. The lowest BCUT2D eigenvalue weighted by Crippen LogP contribution is -2.24. The van der Waals surface area contributed by atoms with Crippen molar-refractivity contribution in [2.45, 2.75) is 65.7 Å². The van der Waals surface area contributed by atoms with Crippen LogP contribution in [0.15, 0.2) is 0 Å². The van der Waals surface area contributed by atoms with Gasteiger partial charge < -0.3 is 5.32 Å². The van der Waals surface area contributed by atoms with E-state index in [1.807, 2.05) is 0 Å². The normalized spacial score (nSPS) is 10.7. The number of hydrogen-bond acceptors (Lipinski definition) is 1. The molecule has 90 valence electrons. The fourth-order valence-electron chi connectivity index (χ4n) is 1.54. The first-order valence-electron chi connectivity index (χ1n) is 6.43. The fourth-order valence-corrected chi connectivity index (χ4v) is 1.54. The smallest absolute Gasteiger partial charge is 0.219 e. The van der Waals surface area contributed by atoms with Gasteiger partial charge in [0.2, 0.25) is 5.91 Å². The Labute approximate surface area is 94.8 Å². The number of rotatable bonds is 9. The van der Waals surface area contributed by atoms with Gasteiger partial charge in [0.25, 0.3) is 0 Å². The summed E-state index contributed by atoms with van der Waals surface area (Å²) in [6.45, 7) is 7.47. The second-order valence-electron chi connectivity index (χ2n) is 4.70. The van der Waals surface area contributed by atoms with Crippen LogP contribution >= 0.6 is 0 Å². The Bertz CT molecular complexity index is 155. The molecule has 0 rings (SSSR count). The molecule has 2 heteroatoms. The third-order valence-corrected chi connectivity index (χ3v) is 2.54. The Kier molecular flexibility index (Phi) is 9.65. The van der Waals surface area contributed by atoms with Crippen molar-refractivity contribution >= 4 is 5.91 Å². The van der Waals surface area contributed by atoms with E-state index in [1.54, 1.807) is 0 Å². The molecule has 0 unspecified atom stereocenters. The van der Waals surface area contributed by atoms with E-state index in [-0.39, 0.29) is 5.91 Å². The van der Waals surface area contributed by atoms with Crippen LogP contribution in [-0.2, 0) is 4.79 Å². The highest BCUT2D eigenvalue weighted by Crippen LogP contribution is 2.03. The van der Waals surface area contributed by atoms with Crippen LogP contribution in [0.25, 0.3) is 0 Å². The highest BCUT2D eigenvalue weighted by atomic mass is 16.1. The summed E-state index contributed by atoms with van der Waals surface area (Å²) >= 11 is 0. The van der Waals surface area contributed by atoms with Gasteiger partial charge in [-0.05, 0) is 25.2 Å². The molecule has 2 nitrogen and oxygen atoms in total. The molecule has 1 amide bonds. The van der Waals surface area contributed by atoms with Gasteiger partial charge in [-0.3, -0.25) is 4.79 Å². The summed E-state index contributed by atoms with van der Waals surface area (Å²) in [5, 5.41) is 2.98. The van der Waals surface area contributed by atoms with Crippen molar-refractivity contribution < 1.29 is 4.79 Å². The molecule has 0 aliphatic rings. The van der Waals surface area contributed by atoms with Gasteiger partial charge >= 0.3 is 0 Å². The average molecular weight is 213 g/mol. The molecule has 0 aromatic heterocycles. The molecule has 0 aromatic carbocycles. The van der Waals surface area contributed by atoms with Crippen LogP contribution < -0.4 is 5.32 Å². The lowest BCUT2D eigenvalue weighted by Gasteiger charge is -2.06. The topological polar surface area (TPSA) is 29.1 Å². The summed E-state index contributed by atoms with van der Waals surface area (Å²) in [5.74, 6) is 0.973. The zero-order valence-electron chi connectivity index (χ0n) is 10.6. The van der Waals surface area contributed by atoms with Gasteiger partial charge in [0, 0.05) is 13.0 Å². The van der Waals surface area contributed by atoms with Crippen molar-refractivity contribution in [3.63, 3.8) is 0 Å². The van der Waals surface area contributed by atoms with Crippen molar-refractivity contribution in [1.29, 1.82) is 0 Å². The Balaban J connectivity index is 3.19. The van der Waals surface area contributed by atoms with Gasteiger partial charge in [-0.25, -0.2) is 0 Å². The Morgan fingerprint density at radius 1 is 1.13 bits per heavy atom. The van der Waals surface area contributed by atoms with E-state index in [1.165, 1.54) is 25.7 Å². The molecule has 0 fully saturated rings. The number of hydrogen-bond donors (Lipinski definition) is 1. The van der Waals surface area contributed by atoms with Gasteiger partial charge in [-0.1, -0.05) is 40.0 Å². The summed E-state index contributed by atoms with van der Waals surface area (Å²) in [5.41, 5.74) is 0.